The molecule has 0 bridgehead atoms. The normalized spacial score (nSPS) is 11.9. The number of carbonyl (C=O) groups excluding carboxylic acids is 1. The van der Waals surface area contributed by atoms with Crippen molar-refractivity contribution in [1.82, 2.24) is 0 Å². The third kappa shape index (κ3) is 3.09. The smallest absolute Gasteiger partial charge is 0.314 e. The van der Waals surface area contributed by atoms with E-state index >= 15 is 0 Å². The number of benzene rings is 1. The van der Waals surface area contributed by atoms with E-state index in [0.29, 0.717) is 11.3 Å². The van der Waals surface area contributed by atoms with Crippen LogP contribution in [0.5, 0.6) is 5.75 Å². The first kappa shape index (κ1) is 12.3. The Labute approximate surface area is 95.7 Å². The fraction of sp³-hybridized carbons (Fsp3) is 0.385. The molecule has 0 aromatic heterocycles. The Bertz CT molecular complexity index is 401. The van der Waals surface area contributed by atoms with Crippen molar-refractivity contribution in [2.24, 2.45) is 11.8 Å². The third-order valence-electron chi connectivity index (χ3n) is 2.57. The first-order valence-electron chi connectivity index (χ1n) is 5.26. The van der Waals surface area contributed by atoms with Gasteiger partial charge in [-0.2, -0.15) is 5.26 Å². The number of carbonyl (C=O) groups is 1. The highest BCUT2D eigenvalue weighted by molar-refractivity contribution is 5.75. The fourth-order valence-corrected chi connectivity index (χ4v) is 1.08. The van der Waals surface area contributed by atoms with E-state index < -0.39 is 0 Å². The minimum absolute atomic E-state index is 0.129. The predicted octanol–water partition coefficient (Wildman–Crippen LogP) is 2.76. The topological polar surface area (TPSA) is 50.1 Å². The highest BCUT2D eigenvalue weighted by Gasteiger charge is 2.18. The maximum absolute atomic E-state index is 11.6. The van der Waals surface area contributed by atoms with Gasteiger partial charge < -0.3 is 4.74 Å². The van der Waals surface area contributed by atoms with E-state index in [1.165, 1.54) is 0 Å². The monoisotopic (exact) mass is 217 g/mol. The number of rotatable bonds is 3. The molecule has 0 saturated carbocycles. The molecule has 0 heterocycles. The summed E-state index contributed by atoms with van der Waals surface area (Å²) in [5.74, 6) is 0.373. The van der Waals surface area contributed by atoms with Crippen LogP contribution in [0.4, 0.5) is 0 Å². The number of hydrogen-bond acceptors (Lipinski definition) is 3. The van der Waals surface area contributed by atoms with Gasteiger partial charge in [0, 0.05) is 0 Å². The largest absolute Gasteiger partial charge is 0.426 e. The van der Waals surface area contributed by atoms with E-state index in [1.807, 2.05) is 26.8 Å². The molecule has 0 N–H and O–H groups in total. The highest BCUT2D eigenvalue weighted by Crippen LogP contribution is 2.16. The Morgan fingerprint density at radius 1 is 1.25 bits per heavy atom. The first-order chi connectivity index (χ1) is 7.54. The Morgan fingerprint density at radius 3 is 2.25 bits per heavy atom. The van der Waals surface area contributed by atoms with E-state index in [9.17, 15) is 4.79 Å². The lowest BCUT2D eigenvalue weighted by Gasteiger charge is -2.13. The molecule has 0 amide bonds. The average molecular weight is 217 g/mol. The number of hydrogen-bond donors (Lipinski definition) is 0. The van der Waals surface area contributed by atoms with Crippen LogP contribution >= 0.6 is 0 Å². The van der Waals surface area contributed by atoms with Crippen molar-refractivity contribution < 1.29 is 9.53 Å². The van der Waals surface area contributed by atoms with Crippen LogP contribution in [-0.2, 0) is 4.79 Å². The van der Waals surface area contributed by atoms with Gasteiger partial charge in [0.2, 0.25) is 0 Å². The van der Waals surface area contributed by atoms with Gasteiger partial charge in [0.25, 0.3) is 0 Å². The summed E-state index contributed by atoms with van der Waals surface area (Å²) in [6.45, 7) is 5.80. The van der Waals surface area contributed by atoms with Gasteiger partial charge in [-0.25, -0.2) is 0 Å². The van der Waals surface area contributed by atoms with Gasteiger partial charge in [-0.3, -0.25) is 4.79 Å². The summed E-state index contributed by atoms with van der Waals surface area (Å²) in [6, 6.07) is 8.52. The molecule has 0 saturated heterocycles. The molecule has 1 atom stereocenters. The summed E-state index contributed by atoms with van der Waals surface area (Å²) in [5.41, 5.74) is 0.553. The molecule has 0 aliphatic rings. The Hall–Kier alpha value is -1.82. The minimum atomic E-state index is -0.236. The van der Waals surface area contributed by atoms with E-state index in [0.717, 1.165) is 0 Å². The molecule has 16 heavy (non-hydrogen) atoms. The van der Waals surface area contributed by atoms with Gasteiger partial charge in [0.1, 0.15) is 5.75 Å². The van der Waals surface area contributed by atoms with Crippen LogP contribution in [-0.4, -0.2) is 5.97 Å². The standard InChI is InChI=1S/C13H15NO2/c1-9(2)10(3)13(15)16-12-6-4-11(8-14)5-7-12/h4-7,9-10H,1-3H3. The van der Waals surface area contributed by atoms with Crippen molar-refractivity contribution in [2.75, 3.05) is 0 Å². The van der Waals surface area contributed by atoms with Gasteiger partial charge in [-0.1, -0.05) is 20.8 Å². The van der Waals surface area contributed by atoms with Crippen molar-refractivity contribution in [1.29, 1.82) is 5.26 Å². The zero-order chi connectivity index (χ0) is 12.1. The molecule has 0 aliphatic heterocycles. The molecule has 84 valence electrons. The average Bonchev–Trinajstić information content (AvgIpc) is 2.28. The van der Waals surface area contributed by atoms with Gasteiger partial charge in [0.05, 0.1) is 17.6 Å². The summed E-state index contributed by atoms with van der Waals surface area (Å²) < 4.78 is 5.19. The minimum Gasteiger partial charge on any atom is -0.426 e. The van der Waals surface area contributed by atoms with Crippen LogP contribution in [0.15, 0.2) is 24.3 Å². The fourth-order valence-electron chi connectivity index (χ4n) is 1.08. The first-order valence-corrected chi connectivity index (χ1v) is 5.26. The highest BCUT2D eigenvalue weighted by atomic mass is 16.5. The molecular weight excluding hydrogens is 202 g/mol. The SMILES string of the molecule is CC(C)C(C)C(=O)Oc1ccc(C#N)cc1. The van der Waals surface area contributed by atoms with Crippen LogP contribution in [0, 0.1) is 23.2 Å². The van der Waals surface area contributed by atoms with Crippen LogP contribution in [0.1, 0.15) is 26.3 Å². The zero-order valence-corrected chi connectivity index (χ0v) is 9.73. The molecule has 3 heteroatoms. The van der Waals surface area contributed by atoms with Crippen LogP contribution in [0.3, 0.4) is 0 Å². The van der Waals surface area contributed by atoms with Gasteiger partial charge in [-0.05, 0) is 30.2 Å². The zero-order valence-electron chi connectivity index (χ0n) is 9.73. The lowest BCUT2D eigenvalue weighted by molar-refractivity contribution is -0.139. The van der Waals surface area contributed by atoms with Crippen molar-refractivity contribution >= 4 is 5.97 Å². The Kier molecular flexibility index (Phi) is 4.07. The molecule has 1 rings (SSSR count). The molecule has 3 nitrogen and oxygen atoms in total. The summed E-state index contributed by atoms with van der Waals surface area (Å²) in [5, 5.41) is 8.61. The molecule has 0 fully saturated rings. The predicted molar refractivity (Wildman–Crippen MR) is 60.8 cm³/mol. The number of ether oxygens (including phenoxy) is 1. The number of nitrogens with zero attached hydrogens (tertiary/aromatic N) is 1. The van der Waals surface area contributed by atoms with E-state index in [-0.39, 0.29) is 17.8 Å². The maximum Gasteiger partial charge on any atom is 0.314 e. The molecule has 0 spiro atoms. The molecule has 0 aliphatic carbocycles. The second-order valence-electron chi connectivity index (χ2n) is 4.09. The van der Waals surface area contributed by atoms with E-state index in [1.54, 1.807) is 24.3 Å². The van der Waals surface area contributed by atoms with Crippen molar-refractivity contribution in [3.05, 3.63) is 29.8 Å². The number of nitriles is 1. The van der Waals surface area contributed by atoms with Crippen LogP contribution in [0.2, 0.25) is 0 Å². The van der Waals surface area contributed by atoms with E-state index in [4.69, 9.17) is 10.00 Å². The quantitative estimate of drug-likeness (QED) is 0.577. The van der Waals surface area contributed by atoms with Crippen LogP contribution in [0.25, 0.3) is 0 Å². The number of esters is 1. The molecule has 1 aromatic carbocycles. The summed E-state index contributed by atoms with van der Waals surface area (Å²) >= 11 is 0. The van der Waals surface area contributed by atoms with Crippen molar-refractivity contribution in [3.63, 3.8) is 0 Å². The lowest BCUT2D eigenvalue weighted by atomic mass is 9.99. The van der Waals surface area contributed by atoms with E-state index in [2.05, 4.69) is 0 Å². The summed E-state index contributed by atoms with van der Waals surface area (Å²) in [7, 11) is 0. The Balaban J connectivity index is 2.67. The van der Waals surface area contributed by atoms with Gasteiger partial charge in [-0.15, -0.1) is 0 Å². The maximum atomic E-state index is 11.6. The third-order valence-corrected chi connectivity index (χ3v) is 2.57. The molecule has 0 radical (unpaired) electrons. The van der Waals surface area contributed by atoms with Crippen molar-refractivity contribution in [2.45, 2.75) is 20.8 Å². The van der Waals surface area contributed by atoms with Crippen LogP contribution < -0.4 is 4.74 Å². The second kappa shape index (κ2) is 5.32. The summed E-state index contributed by atoms with van der Waals surface area (Å²) in [4.78, 5) is 11.6. The lowest BCUT2D eigenvalue weighted by Crippen LogP contribution is -2.22. The molecule has 1 unspecified atom stereocenters. The molecule has 1 aromatic rings. The van der Waals surface area contributed by atoms with Crippen molar-refractivity contribution in [3.8, 4) is 11.8 Å². The van der Waals surface area contributed by atoms with Gasteiger partial charge in [0.15, 0.2) is 0 Å². The molecular formula is C13H15NO2. The second-order valence-corrected chi connectivity index (χ2v) is 4.09. The Morgan fingerprint density at radius 2 is 1.81 bits per heavy atom. The van der Waals surface area contributed by atoms with Gasteiger partial charge >= 0.3 is 5.97 Å². The summed E-state index contributed by atoms with van der Waals surface area (Å²) in [6.07, 6.45) is 0.